The zero-order valence-electron chi connectivity index (χ0n) is 13.3. The summed E-state index contributed by atoms with van der Waals surface area (Å²) in [7, 11) is 0. The second kappa shape index (κ2) is 7.41. The lowest BCUT2D eigenvalue weighted by molar-refractivity contribution is 0.0964. The molecule has 0 saturated heterocycles. The van der Waals surface area contributed by atoms with Gasteiger partial charge < -0.3 is 9.47 Å². The number of rotatable bonds is 7. The summed E-state index contributed by atoms with van der Waals surface area (Å²) < 4.78 is 11.6. The molecule has 3 heteroatoms. The average molecular weight is 287 g/mol. The monoisotopic (exact) mass is 287 g/mol. The molecule has 0 radical (unpaired) electrons. The van der Waals surface area contributed by atoms with Crippen molar-refractivity contribution in [2.75, 3.05) is 13.2 Å². The van der Waals surface area contributed by atoms with E-state index in [1.165, 1.54) is 18.4 Å². The van der Waals surface area contributed by atoms with Crippen LogP contribution >= 0.6 is 0 Å². The van der Waals surface area contributed by atoms with Crippen molar-refractivity contribution in [3.05, 3.63) is 47.4 Å². The van der Waals surface area contributed by atoms with Gasteiger partial charge in [0, 0.05) is 17.7 Å². The van der Waals surface area contributed by atoms with Crippen LogP contribution in [0.2, 0.25) is 0 Å². The number of nitrogens with zero attached hydrogens (tertiary/aromatic N) is 1. The molecule has 0 N–H and O–H groups in total. The summed E-state index contributed by atoms with van der Waals surface area (Å²) in [5.74, 6) is 0.893. The van der Waals surface area contributed by atoms with Crippen LogP contribution in [-0.2, 0) is 9.47 Å². The molecular weight excluding hydrogens is 262 g/mol. The van der Waals surface area contributed by atoms with Gasteiger partial charge in [-0.05, 0) is 45.8 Å². The minimum atomic E-state index is 0.518. The Morgan fingerprint density at radius 2 is 2.05 bits per heavy atom. The standard InChI is InChI=1S/C18H25NO2/c1-13(2)18-16(19-14(3)4)7-5-8-17(18)21-12-6-11-20-15-9-10-15/h5,7-8,15H,3,6,9-12H2,1-2,4H3. The summed E-state index contributed by atoms with van der Waals surface area (Å²) in [5.41, 5.74) is 3.99. The second-order valence-electron chi connectivity index (χ2n) is 5.77. The molecule has 3 nitrogen and oxygen atoms in total. The van der Waals surface area contributed by atoms with Crippen LogP contribution in [0, 0.1) is 0 Å². The third kappa shape index (κ3) is 5.01. The van der Waals surface area contributed by atoms with E-state index in [0.29, 0.717) is 12.7 Å². The number of hydrogen-bond donors (Lipinski definition) is 0. The fourth-order valence-electron chi connectivity index (χ4n) is 2.17. The van der Waals surface area contributed by atoms with Gasteiger partial charge in [0.2, 0.25) is 0 Å². The van der Waals surface area contributed by atoms with Crippen molar-refractivity contribution in [1.29, 1.82) is 0 Å². The van der Waals surface area contributed by atoms with E-state index >= 15 is 0 Å². The van der Waals surface area contributed by atoms with E-state index < -0.39 is 0 Å². The molecule has 0 aromatic carbocycles. The van der Waals surface area contributed by atoms with Gasteiger partial charge in [0.1, 0.15) is 5.76 Å². The van der Waals surface area contributed by atoms with Crippen molar-refractivity contribution in [2.45, 2.75) is 46.1 Å². The minimum absolute atomic E-state index is 0.518. The summed E-state index contributed by atoms with van der Waals surface area (Å²) in [6.45, 7) is 11.4. The summed E-state index contributed by atoms with van der Waals surface area (Å²) in [6, 6.07) is 0. The molecule has 21 heavy (non-hydrogen) atoms. The molecule has 0 spiro atoms. The predicted octanol–water partition coefficient (Wildman–Crippen LogP) is 4.34. The third-order valence-electron chi connectivity index (χ3n) is 3.24. The van der Waals surface area contributed by atoms with E-state index in [0.717, 1.165) is 35.8 Å². The van der Waals surface area contributed by atoms with Crippen LogP contribution in [0.5, 0.6) is 0 Å². The highest BCUT2D eigenvalue weighted by Gasteiger charge is 2.21. The first-order chi connectivity index (χ1) is 10.1. The number of hydrogen-bond acceptors (Lipinski definition) is 3. The topological polar surface area (TPSA) is 30.8 Å². The maximum Gasteiger partial charge on any atom is 0.128 e. The van der Waals surface area contributed by atoms with Gasteiger partial charge >= 0.3 is 0 Å². The molecular formula is C18H25NO2. The van der Waals surface area contributed by atoms with Gasteiger partial charge in [-0.15, -0.1) is 0 Å². The van der Waals surface area contributed by atoms with Crippen LogP contribution in [0.25, 0.3) is 0 Å². The zero-order chi connectivity index (χ0) is 15.2. The Morgan fingerprint density at radius 1 is 1.29 bits per heavy atom. The van der Waals surface area contributed by atoms with Gasteiger partial charge in [-0.2, -0.15) is 0 Å². The van der Waals surface area contributed by atoms with E-state index in [1.807, 2.05) is 25.2 Å². The van der Waals surface area contributed by atoms with Gasteiger partial charge in [0.15, 0.2) is 0 Å². The van der Waals surface area contributed by atoms with Crippen molar-refractivity contribution in [3.63, 3.8) is 0 Å². The first-order valence-corrected chi connectivity index (χ1v) is 7.63. The Hall–Kier alpha value is -1.61. The number of allylic oxidation sites excluding steroid dienone is 6. The average Bonchev–Trinajstić information content (AvgIpc) is 3.21. The SMILES string of the molecule is C=C(C)N=C1C=CC=C(OCCCOC2CC2)C1=C(C)C. The fraction of sp³-hybridized carbons (Fsp3) is 0.500. The Labute approximate surface area is 127 Å². The highest BCUT2D eigenvalue weighted by atomic mass is 16.5. The Bertz CT molecular complexity index is 515. The molecule has 2 aliphatic rings. The quantitative estimate of drug-likeness (QED) is 0.652. The van der Waals surface area contributed by atoms with Crippen molar-refractivity contribution < 1.29 is 9.47 Å². The maximum absolute atomic E-state index is 5.93. The molecule has 0 amide bonds. The number of ether oxygens (including phenoxy) is 2. The minimum Gasteiger partial charge on any atom is -0.493 e. The van der Waals surface area contributed by atoms with Gasteiger partial charge in [-0.25, -0.2) is 0 Å². The predicted molar refractivity (Wildman–Crippen MR) is 87.4 cm³/mol. The van der Waals surface area contributed by atoms with Gasteiger partial charge in [-0.3, -0.25) is 4.99 Å². The second-order valence-corrected chi connectivity index (χ2v) is 5.77. The van der Waals surface area contributed by atoms with Crippen molar-refractivity contribution in [1.82, 2.24) is 0 Å². The van der Waals surface area contributed by atoms with E-state index in [2.05, 4.69) is 25.4 Å². The Kier molecular flexibility index (Phi) is 5.57. The first-order valence-electron chi connectivity index (χ1n) is 7.63. The lowest BCUT2D eigenvalue weighted by atomic mass is 9.98. The van der Waals surface area contributed by atoms with E-state index in [1.54, 1.807) is 0 Å². The van der Waals surface area contributed by atoms with E-state index in [4.69, 9.17) is 9.47 Å². The zero-order valence-corrected chi connectivity index (χ0v) is 13.3. The molecule has 114 valence electrons. The van der Waals surface area contributed by atoms with E-state index in [-0.39, 0.29) is 0 Å². The fourth-order valence-corrected chi connectivity index (χ4v) is 2.17. The normalized spacial score (nSPS) is 19.7. The molecule has 0 bridgehead atoms. The largest absolute Gasteiger partial charge is 0.493 e. The summed E-state index contributed by atoms with van der Waals surface area (Å²) in [5, 5.41) is 0. The number of aliphatic imine (C=N–C) groups is 1. The van der Waals surface area contributed by atoms with Crippen molar-refractivity contribution >= 4 is 5.71 Å². The molecule has 1 saturated carbocycles. The molecule has 0 aliphatic heterocycles. The van der Waals surface area contributed by atoms with E-state index in [9.17, 15) is 0 Å². The summed E-state index contributed by atoms with van der Waals surface area (Å²) >= 11 is 0. The van der Waals surface area contributed by atoms with Gasteiger partial charge in [-0.1, -0.05) is 18.2 Å². The molecule has 2 rings (SSSR count). The summed E-state index contributed by atoms with van der Waals surface area (Å²) in [4.78, 5) is 4.50. The molecule has 0 atom stereocenters. The maximum atomic E-state index is 5.93. The highest BCUT2D eigenvalue weighted by molar-refractivity contribution is 6.13. The van der Waals surface area contributed by atoms with Crippen LogP contribution in [0.4, 0.5) is 0 Å². The van der Waals surface area contributed by atoms with Crippen molar-refractivity contribution in [2.24, 2.45) is 4.99 Å². The lowest BCUT2D eigenvalue weighted by Crippen LogP contribution is -2.12. The molecule has 0 heterocycles. The van der Waals surface area contributed by atoms with Crippen molar-refractivity contribution in [3.8, 4) is 0 Å². The van der Waals surface area contributed by atoms with Crippen LogP contribution < -0.4 is 0 Å². The molecule has 1 fully saturated rings. The third-order valence-corrected chi connectivity index (χ3v) is 3.24. The smallest absolute Gasteiger partial charge is 0.128 e. The van der Waals surface area contributed by atoms with Gasteiger partial charge in [0.25, 0.3) is 0 Å². The highest BCUT2D eigenvalue weighted by Crippen LogP contribution is 2.25. The molecule has 0 unspecified atom stereocenters. The molecule has 0 aromatic heterocycles. The first kappa shape index (κ1) is 15.8. The van der Waals surface area contributed by atoms with Crippen LogP contribution in [0.3, 0.4) is 0 Å². The van der Waals surface area contributed by atoms with Crippen LogP contribution in [0.1, 0.15) is 40.0 Å². The molecule has 2 aliphatic carbocycles. The Morgan fingerprint density at radius 3 is 2.67 bits per heavy atom. The summed E-state index contributed by atoms with van der Waals surface area (Å²) in [6.07, 6.45) is 9.86. The van der Waals surface area contributed by atoms with Gasteiger partial charge in [0.05, 0.1) is 25.0 Å². The van der Waals surface area contributed by atoms with Crippen LogP contribution in [-0.4, -0.2) is 25.0 Å². The lowest BCUT2D eigenvalue weighted by Gasteiger charge is -2.18. The molecule has 0 aromatic rings. The van der Waals surface area contributed by atoms with Crippen LogP contribution in [0.15, 0.2) is 52.4 Å². The Balaban J connectivity index is 1.93.